The molecule has 2 heterocycles. The molecule has 1 fully saturated rings. The lowest BCUT2D eigenvalue weighted by Gasteiger charge is -2.33. The maximum absolute atomic E-state index is 6.15. The van der Waals surface area contributed by atoms with E-state index in [4.69, 9.17) is 4.74 Å². The van der Waals surface area contributed by atoms with Gasteiger partial charge in [-0.2, -0.15) is 0 Å². The molecule has 0 amide bonds. The average Bonchev–Trinajstić information content (AvgIpc) is 2.56. The Morgan fingerprint density at radius 3 is 2.75 bits per heavy atom. The highest BCUT2D eigenvalue weighted by atomic mass is 127. The van der Waals surface area contributed by atoms with Crippen LogP contribution in [-0.2, 0) is 6.42 Å². The van der Waals surface area contributed by atoms with Crippen LogP contribution in [0, 0.1) is 3.57 Å². The number of fused-ring (bicyclic) bond motifs is 1. The van der Waals surface area contributed by atoms with E-state index in [1.165, 1.54) is 9.13 Å². The summed E-state index contributed by atoms with van der Waals surface area (Å²) in [5.41, 5.74) is 1.50. The van der Waals surface area contributed by atoms with Gasteiger partial charge in [-0.3, -0.25) is 0 Å². The van der Waals surface area contributed by atoms with Crippen molar-refractivity contribution < 1.29 is 4.74 Å². The second-order valence-corrected chi connectivity index (χ2v) is 5.71. The first-order valence-electron chi connectivity index (χ1n) is 5.46. The van der Waals surface area contributed by atoms with Crippen LogP contribution in [0.1, 0.15) is 18.4 Å². The lowest BCUT2D eigenvalue weighted by Crippen LogP contribution is -2.45. The molecule has 1 N–H and O–H groups in total. The van der Waals surface area contributed by atoms with Crippen molar-refractivity contribution >= 4 is 35.0 Å². The third kappa shape index (κ3) is 2.17. The van der Waals surface area contributed by atoms with E-state index in [-0.39, 0.29) is 18.0 Å². The van der Waals surface area contributed by atoms with E-state index in [2.05, 4.69) is 46.1 Å². The Balaban J connectivity index is 0.000000963. The van der Waals surface area contributed by atoms with E-state index < -0.39 is 0 Å². The molecule has 88 valence electrons. The number of halogens is 2. The quantitative estimate of drug-likeness (QED) is 0.726. The molecule has 0 saturated carbocycles. The largest absolute Gasteiger partial charge is 0.487 e. The molecule has 4 heteroatoms. The average molecular weight is 352 g/mol. The lowest BCUT2D eigenvalue weighted by molar-refractivity contribution is 0.0600. The third-order valence-electron chi connectivity index (χ3n) is 3.38. The Labute approximate surface area is 116 Å². The molecule has 0 aromatic heterocycles. The Morgan fingerprint density at radius 1 is 1.25 bits per heavy atom. The molecule has 1 spiro atoms. The van der Waals surface area contributed by atoms with Crippen molar-refractivity contribution in [2.75, 3.05) is 13.1 Å². The molecule has 3 rings (SSSR count). The van der Waals surface area contributed by atoms with E-state index in [1.807, 2.05) is 0 Å². The van der Waals surface area contributed by atoms with Gasteiger partial charge in [-0.1, -0.05) is 0 Å². The van der Waals surface area contributed by atoms with Gasteiger partial charge in [-0.25, -0.2) is 0 Å². The fraction of sp³-hybridized carbons (Fsp3) is 0.500. The Morgan fingerprint density at radius 2 is 2.00 bits per heavy atom. The van der Waals surface area contributed by atoms with E-state index in [1.54, 1.807) is 0 Å². The summed E-state index contributed by atoms with van der Waals surface area (Å²) in [6.07, 6.45) is 3.37. The van der Waals surface area contributed by atoms with Crippen LogP contribution in [0.5, 0.6) is 5.75 Å². The molecule has 0 unspecified atom stereocenters. The summed E-state index contributed by atoms with van der Waals surface area (Å²) in [6, 6.07) is 6.50. The standard InChI is InChI=1S/C12H14INO.ClH/c13-10-1-2-11-9(7-10)8-12(15-11)3-5-14-6-4-12;/h1-2,7,14H,3-6,8H2;1H. The second kappa shape index (κ2) is 4.70. The molecule has 1 saturated heterocycles. The SMILES string of the molecule is Cl.Ic1ccc2c(c1)CC1(CCNCC1)O2. The van der Waals surface area contributed by atoms with Gasteiger partial charge in [0.2, 0.25) is 0 Å². The number of hydrogen-bond donors (Lipinski definition) is 1. The predicted molar refractivity (Wildman–Crippen MR) is 75.6 cm³/mol. The lowest BCUT2D eigenvalue weighted by atomic mass is 9.88. The molecule has 0 atom stereocenters. The first kappa shape index (κ1) is 12.5. The van der Waals surface area contributed by atoms with Crippen LogP contribution >= 0.6 is 35.0 Å². The summed E-state index contributed by atoms with van der Waals surface area (Å²) in [7, 11) is 0. The van der Waals surface area contributed by atoms with Gasteiger partial charge in [0.1, 0.15) is 11.4 Å². The van der Waals surface area contributed by atoms with E-state index in [0.29, 0.717) is 0 Å². The van der Waals surface area contributed by atoms with E-state index in [0.717, 1.165) is 38.1 Å². The van der Waals surface area contributed by atoms with Crippen molar-refractivity contribution in [3.63, 3.8) is 0 Å². The molecular formula is C12H15ClINO. The normalized spacial score (nSPS) is 21.1. The smallest absolute Gasteiger partial charge is 0.123 e. The van der Waals surface area contributed by atoms with Crippen molar-refractivity contribution in [1.82, 2.24) is 5.32 Å². The number of nitrogens with one attached hydrogen (secondary N) is 1. The number of ether oxygens (including phenoxy) is 1. The molecule has 0 aliphatic carbocycles. The fourth-order valence-corrected chi connectivity index (χ4v) is 3.12. The van der Waals surface area contributed by atoms with Crippen LogP contribution in [0.25, 0.3) is 0 Å². The first-order valence-corrected chi connectivity index (χ1v) is 6.54. The van der Waals surface area contributed by atoms with Gasteiger partial charge in [-0.15, -0.1) is 12.4 Å². The molecule has 0 bridgehead atoms. The van der Waals surface area contributed by atoms with Crippen molar-refractivity contribution in [1.29, 1.82) is 0 Å². The second-order valence-electron chi connectivity index (χ2n) is 4.46. The summed E-state index contributed by atoms with van der Waals surface area (Å²) < 4.78 is 7.45. The zero-order valence-corrected chi connectivity index (χ0v) is 11.9. The van der Waals surface area contributed by atoms with Crippen LogP contribution in [0.3, 0.4) is 0 Å². The number of hydrogen-bond acceptors (Lipinski definition) is 2. The maximum atomic E-state index is 6.15. The van der Waals surface area contributed by atoms with Gasteiger partial charge in [0, 0.05) is 9.99 Å². The van der Waals surface area contributed by atoms with Gasteiger partial charge < -0.3 is 10.1 Å². The van der Waals surface area contributed by atoms with Gasteiger partial charge >= 0.3 is 0 Å². The minimum absolute atomic E-state index is 0. The minimum Gasteiger partial charge on any atom is -0.487 e. The third-order valence-corrected chi connectivity index (χ3v) is 4.05. The molecule has 2 nitrogen and oxygen atoms in total. The summed E-state index contributed by atoms with van der Waals surface area (Å²) in [5.74, 6) is 1.11. The van der Waals surface area contributed by atoms with Crippen molar-refractivity contribution in [3.05, 3.63) is 27.3 Å². The van der Waals surface area contributed by atoms with Crippen LogP contribution in [-0.4, -0.2) is 18.7 Å². The van der Waals surface area contributed by atoms with Crippen molar-refractivity contribution in [3.8, 4) is 5.75 Å². The zero-order valence-electron chi connectivity index (χ0n) is 8.96. The van der Waals surface area contributed by atoms with Crippen LogP contribution in [0.2, 0.25) is 0 Å². The van der Waals surface area contributed by atoms with Crippen LogP contribution < -0.4 is 10.1 Å². The Bertz CT molecular complexity index is 391. The minimum atomic E-state index is 0. The van der Waals surface area contributed by atoms with Crippen LogP contribution in [0.15, 0.2) is 18.2 Å². The monoisotopic (exact) mass is 351 g/mol. The summed E-state index contributed by atoms with van der Waals surface area (Å²) >= 11 is 2.36. The molecule has 16 heavy (non-hydrogen) atoms. The highest BCUT2D eigenvalue weighted by Gasteiger charge is 2.40. The number of benzene rings is 1. The summed E-state index contributed by atoms with van der Waals surface area (Å²) in [4.78, 5) is 0. The Hall–Kier alpha value is -0.0000000000000000278. The molecule has 1 aromatic rings. The van der Waals surface area contributed by atoms with Crippen molar-refractivity contribution in [2.24, 2.45) is 0 Å². The molecule has 2 aliphatic heterocycles. The maximum Gasteiger partial charge on any atom is 0.123 e. The summed E-state index contributed by atoms with van der Waals surface area (Å²) in [5, 5.41) is 3.39. The van der Waals surface area contributed by atoms with Crippen molar-refractivity contribution in [2.45, 2.75) is 24.9 Å². The highest BCUT2D eigenvalue weighted by molar-refractivity contribution is 14.1. The highest BCUT2D eigenvalue weighted by Crippen LogP contribution is 2.40. The van der Waals surface area contributed by atoms with Gasteiger partial charge in [-0.05, 0) is 72.3 Å². The van der Waals surface area contributed by atoms with Gasteiger partial charge in [0.05, 0.1) is 0 Å². The topological polar surface area (TPSA) is 21.3 Å². The Kier molecular flexibility index (Phi) is 3.66. The van der Waals surface area contributed by atoms with Crippen LogP contribution in [0.4, 0.5) is 0 Å². The molecule has 2 aliphatic rings. The van der Waals surface area contributed by atoms with E-state index >= 15 is 0 Å². The van der Waals surface area contributed by atoms with Gasteiger partial charge in [0.15, 0.2) is 0 Å². The first-order chi connectivity index (χ1) is 7.27. The molecule has 0 radical (unpaired) electrons. The van der Waals surface area contributed by atoms with E-state index in [9.17, 15) is 0 Å². The number of rotatable bonds is 0. The van der Waals surface area contributed by atoms with Gasteiger partial charge in [0.25, 0.3) is 0 Å². The molecular weight excluding hydrogens is 336 g/mol. The number of piperidine rings is 1. The molecule has 1 aromatic carbocycles. The fourth-order valence-electron chi connectivity index (χ4n) is 2.56. The summed E-state index contributed by atoms with van der Waals surface area (Å²) in [6.45, 7) is 2.18. The predicted octanol–water partition coefficient (Wildman–Crippen LogP) is 2.77. The zero-order chi connectivity index (χ0) is 10.3.